The molecule has 1 atom stereocenters. The number of rotatable bonds is 6. The van der Waals surface area contributed by atoms with Gasteiger partial charge in [0.1, 0.15) is 17.9 Å². The zero-order valence-corrected chi connectivity index (χ0v) is 18.5. The third kappa shape index (κ3) is 4.56. The normalized spacial score (nSPS) is 13.0. The molecule has 0 aliphatic carbocycles. The lowest BCUT2D eigenvalue weighted by Crippen LogP contribution is -2.41. The molecule has 0 radical (unpaired) electrons. The molecule has 0 aliphatic rings. The topological polar surface area (TPSA) is 45.1 Å². The van der Waals surface area contributed by atoms with Crippen molar-refractivity contribution in [2.24, 2.45) is 5.41 Å². The Morgan fingerprint density at radius 2 is 1.48 bits per heavy atom. The van der Waals surface area contributed by atoms with E-state index in [4.69, 9.17) is 11.6 Å². The van der Waals surface area contributed by atoms with E-state index in [0.29, 0.717) is 10.2 Å². The summed E-state index contributed by atoms with van der Waals surface area (Å²) in [5.74, 6) is -1.02. The van der Waals surface area contributed by atoms with Gasteiger partial charge >= 0.3 is 0 Å². The van der Waals surface area contributed by atoms with Crippen molar-refractivity contribution in [2.45, 2.75) is 26.0 Å². The fourth-order valence-electron chi connectivity index (χ4n) is 3.78. The highest BCUT2D eigenvalue weighted by Gasteiger charge is 2.39. The number of hydrogen-bond donors (Lipinski definition) is 2. The summed E-state index contributed by atoms with van der Waals surface area (Å²) in [5, 5.41) is 15.5. The Morgan fingerprint density at radius 1 is 0.935 bits per heavy atom. The molecule has 0 spiro atoms. The minimum atomic E-state index is -0.997. The number of benzene rings is 3. The van der Waals surface area contributed by atoms with E-state index in [0.717, 1.165) is 21.3 Å². The maximum atomic E-state index is 13.6. The van der Waals surface area contributed by atoms with E-state index in [-0.39, 0.29) is 17.6 Å². The monoisotopic (exact) mass is 458 g/mol. The molecular formula is C24H21ClF2N2OS. The molecule has 1 aromatic heterocycles. The summed E-state index contributed by atoms with van der Waals surface area (Å²) in [6.07, 6.45) is -0.997. The van der Waals surface area contributed by atoms with Gasteiger partial charge in [0.15, 0.2) is 5.13 Å². The summed E-state index contributed by atoms with van der Waals surface area (Å²) in [6.45, 7) is 3.82. The Balaban J connectivity index is 1.69. The molecule has 0 saturated heterocycles. The summed E-state index contributed by atoms with van der Waals surface area (Å²) in [5.41, 5.74) is 1.66. The number of aromatic nitrogens is 1. The molecule has 1 unspecified atom stereocenters. The maximum absolute atomic E-state index is 13.6. The minimum absolute atomic E-state index is 0.333. The highest BCUT2D eigenvalue weighted by atomic mass is 35.5. The summed E-state index contributed by atoms with van der Waals surface area (Å²) >= 11 is 7.46. The van der Waals surface area contributed by atoms with Crippen LogP contribution >= 0.6 is 22.9 Å². The van der Waals surface area contributed by atoms with Crippen molar-refractivity contribution in [3.63, 3.8) is 0 Å². The molecule has 0 aliphatic heterocycles. The molecule has 7 heteroatoms. The van der Waals surface area contributed by atoms with Gasteiger partial charge < -0.3 is 10.4 Å². The van der Waals surface area contributed by atoms with Crippen molar-refractivity contribution in [2.75, 3.05) is 5.32 Å². The van der Waals surface area contributed by atoms with Gasteiger partial charge in [0.25, 0.3) is 0 Å². The van der Waals surface area contributed by atoms with Gasteiger partial charge in [0.2, 0.25) is 0 Å². The van der Waals surface area contributed by atoms with Crippen molar-refractivity contribution < 1.29 is 13.9 Å². The first-order chi connectivity index (χ1) is 14.7. The van der Waals surface area contributed by atoms with Crippen LogP contribution < -0.4 is 5.32 Å². The standard InChI is InChI=1S/C24H21ClF2N2OS/c1-24(2,22(30)29-23-28-19-12-7-16(25)13-20(19)31-23)21(14-3-8-17(26)9-4-14)15-5-10-18(27)11-6-15/h3-13,21-22,30H,1-2H3,(H,28,29). The molecule has 31 heavy (non-hydrogen) atoms. The molecule has 0 amide bonds. The van der Waals surface area contributed by atoms with Gasteiger partial charge in [-0.25, -0.2) is 13.8 Å². The summed E-state index contributed by atoms with van der Waals surface area (Å²) in [4.78, 5) is 4.52. The molecule has 4 aromatic rings. The predicted octanol–water partition coefficient (Wildman–Crippen LogP) is 6.82. The summed E-state index contributed by atoms with van der Waals surface area (Å²) in [6, 6.07) is 17.8. The Hall–Kier alpha value is -2.54. The second-order valence-corrected chi connectivity index (χ2v) is 9.50. The Labute approximate surface area is 188 Å². The van der Waals surface area contributed by atoms with Crippen LogP contribution in [0.5, 0.6) is 0 Å². The number of hydrogen-bond acceptors (Lipinski definition) is 4. The van der Waals surface area contributed by atoms with Crippen LogP contribution in [0, 0.1) is 17.0 Å². The van der Waals surface area contributed by atoms with Crippen LogP contribution in [-0.2, 0) is 0 Å². The molecular weight excluding hydrogens is 438 g/mol. The van der Waals surface area contributed by atoms with Crippen LogP contribution in [0.3, 0.4) is 0 Å². The first-order valence-electron chi connectivity index (χ1n) is 9.75. The molecule has 0 bridgehead atoms. The zero-order chi connectivity index (χ0) is 22.2. The molecule has 2 N–H and O–H groups in total. The van der Waals surface area contributed by atoms with Crippen molar-refractivity contribution in [3.05, 3.63) is 94.5 Å². The number of aliphatic hydroxyl groups is 1. The van der Waals surface area contributed by atoms with E-state index < -0.39 is 11.6 Å². The number of anilines is 1. The summed E-state index contributed by atoms with van der Waals surface area (Å²) < 4.78 is 28.0. The number of halogens is 3. The quantitative estimate of drug-likeness (QED) is 0.312. The van der Waals surface area contributed by atoms with Crippen LogP contribution in [-0.4, -0.2) is 16.3 Å². The number of fused-ring (bicyclic) bond motifs is 1. The molecule has 0 saturated carbocycles. The molecule has 160 valence electrons. The van der Waals surface area contributed by atoms with E-state index >= 15 is 0 Å². The van der Waals surface area contributed by atoms with Crippen LogP contribution in [0.25, 0.3) is 10.2 Å². The lowest BCUT2D eigenvalue weighted by Gasteiger charge is -2.39. The lowest BCUT2D eigenvalue weighted by molar-refractivity contribution is 0.0613. The average Bonchev–Trinajstić information content (AvgIpc) is 3.12. The first kappa shape index (κ1) is 21.7. The third-order valence-corrected chi connectivity index (χ3v) is 6.65. The van der Waals surface area contributed by atoms with Gasteiger partial charge in [0.05, 0.1) is 10.2 Å². The van der Waals surface area contributed by atoms with E-state index in [1.54, 1.807) is 30.3 Å². The van der Waals surface area contributed by atoms with Crippen molar-refractivity contribution in [1.29, 1.82) is 0 Å². The van der Waals surface area contributed by atoms with Crippen molar-refractivity contribution in [3.8, 4) is 0 Å². The number of thiazole rings is 1. The smallest absolute Gasteiger partial charge is 0.185 e. The molecule has 3 nitrogen and oxygen atoms in total. The first-order valence-corrected chi connectivity index (χ1v) is 10.9. The highest BCUT2D eigenvalue weighted by Crippen LogP contribution is 2.44. The predicted molar refractivity (Wildman–Crippen MR) is 123 cm³/mol. The van der Waals surface area contributed by atoms with Gasteiger partial charge in [0, 0.05) is 16.4 Å². The fraction of sp³-hybridized carbons (Fsp3) is 0.208. The molecule has 4 rings (SSSR count). The van der Waals surface area contributed by atoms with E-state index in [1.807, 2.05) is 26.0 Å². The van der Waals surface area contributed by atoms with Crippen molar-refractivity contribution in [1.82, 2.24) is 4.98 Å². The van der Waals surface area contributed by atoms with Crippen LogP contribution in [0.4, 0.5) is 13.9 Å². The number of nitrogens with zero attached hydrogens (tertiary/aromatic N) is 1. The minimum Gasteiger partial charge on any atom is -0.373 e. The van der Waals surface area contributed by atoms with Crippen LogP contribution in [0.2, 0.25) is 5.02 Å². The van der Waals surface area contributed by atoms with Gasteiger partial charge in [-0.15, -0.1) is 0 Å². The Morgan fingerprint density at radius 3 is 2.03 bits per heavy atom. The second kappa shape index (κ2) is 8.54. The lowest BCUT2D eigenvalue weighted by atomic mass is 9.70. The molecule has 0 fully saturated rings. The zero-order valence-electron chi connectivity index (χ0n) is 16.9. The van der Waals surface area contributed by atoms with Crippen LogP contribution in [0.1, 0.15) is 30.9 Å². The number of aliphatic hydroxyl groups excluding tert-OH is 1. The van der Waals surface area contributed by atoms with Gasteiger partial charge in [-0.2, -0.15) is 0 Å². The largest absolute Gasteiger partial charge is 0.373 e. The SMILES string of the molecule is CC(C)(C(O)Nc1nc2ccc(Cl)cc2s1)C(c1ccc(F)cc1)c1ccc(F)cc1. The second-order valence-electron chi connectivity index (χ2n) is 8.04. The van der Waals surface area contributed by atoms with Gasteiger partial charge in [-0.05, 0) is 53.6 Å². The van der Waals surface area contributed by atoms with E-state index in [2.05, 4.69) is 10.3 Å². The van der Waals surface area contributed by atoms with Crippen molar-refractivity contribution >= 4 is 38.3 Å². The van der Waals surface area contributed by atoms with Crippen LogP contribution in [0.15, 0.2) is 66.7 Å². The maximum Gasteiger partial charge on any atom is 0.185 e. The Bertz CT molecular complexity index is 1150. The molecule has 1 heterocycles. The molecule has 3 aromatic carbocycles. The average molecular weight is 459 g/mol. The van der Waals surface area contributed by atoms with E-state index in [1.165, 1.54) is 35.6 Å². The Kier molecular flexibility index (Phi) is 5.97. The van der Waals surface area contributed by atoms with Gasteiger partial charge in [-0.1, -0.05) is 61.1 Å². The van der Waals surface area contributed by atoms with E-state index in [9.17, 15) is 13.9 Å². The summed E-state index contributed by atoms with van der Waals surface area (Å²) in [7, 11) is 0. The fourth-order valence-corrected chi connectivity index (χ4v) is 4.95. The highest BCUT2D eigenvalue weighted by molar-refractivity contribution is 7.22. The van der Waals surface area contributed by atoms with Gasteiger partial charge in [-0.3, -0.25) is 0 Å². The third-order valence-electron chi connectivity index (χ3n) is 5.47. The number of nitrogens with one attached hydrogen (secondary N) is 1.